The maximum absolute atomic E-state index is 12.2. The quantitative estimate of drug-likeness (QED) is 0.921. The molecule has 2 heterocycles. The molecule has 1 aromatic carbocycles. The third-order valence-corrected chi connectivity index (χ3v) is 4.09. The second-order valence-electron chi connectivity index (χ2n) is 5.86. The first-order valence-electron chi connectivity index (χ1n) is 7.52. The van der Waals surface area contributed by atoms with Gasteiger partial charge in [-0.3, -0.25) is 0 Å². The number of carbonyl (C=O) groups is 2. The molecule has 0 radical (unpaired) electrons. The minimum atomic E-state index is -1.08. The summed E-state index contributed by atoms with van der Waals surface area (Å²) in [7, 11) is 0. The molecule has 1 aromatic rings. The van der Waals surface area contributed by atoms with E-state index in [4.69, 9.17) is 14.7 Å². The van der Waals surface area contributed by atoms with E-state index in [1.165, 1.54) is 0 Å². The molecule has 0 aromatic heterocycles. The average molecular weight is 318 g/mol. The first kappa shape index (κ1) is 15.3. The second kappa shape index (κ2) is 6.28. The zero-order valence-electron chi connectivity index (χ0n) is 12.6. The Kier molecular flexibility index (Phi) is 4.18. The highest BCUT2D eigenvalue weighted by Crippen LogP contribution is 2.33. The van der Waals surface area contributed by atoms with Gasteiger partial charge in [-0.1, -0.05) is 35.5 Å². The van der Waals surface area contributed by atoms with E-state index in [9.17, 15) is 9.59 Å². The second-order valence-corrected chi connectivity index (χ2v) is 5.86. The van der Waals surface area contributed by atoms with E-state index in [0.717, 1.165) is 12.0 Å². The highest BCUT2D eigenvalue weighted by atomic mass is 16.7. The molecule has 1 spiro atoms. The van der Waals surface area contributed by atoms with Crippen LogP contribution in [-0.2, 0) is 21.0 Å². The molecule has 1 atom stereocenters. The van der Waals surface area contributed by atoms with Crippen molar-refractivity contribution in [1.29, 1.82) is 0 Å². The molecule has 23 heavy (non-hydrogen) atoms. The Morgan fingerprint density at radius 1 is 1.35 bits per heavy atom. The molecule has 7 nitrogen and oxygen atoms in total. The predicted molar refractivity (Wildman–Crippen MR) is 80.9 cm³/mol. The molecule has 2 aliphatic heterocycles. The lowest BCUT2D eigenvalue weighted by Crippen LogP contribution is -2.50. The number of benzene rings is 1. The number of hydrogen-bond donors (Lipinski definition) is 1. The zero-order valence-corrected chi connectivity index (χ0v) is 12.6. The van der Waals surface area contributed by atoms with Gasteiger partial charge in [-0.05, 0) is 18.4 Å². The number of carboxylic acids is 1. The van der Waals surface area contributed by atoms with Crippen LogP contribution < -0.4 is 0 Å². The van der Waals surface area contributed by atoms with E-state index in [-0.39, 0.29) is 18.7 Å². The van der Waals surface area contributed by atoms with Gasteiger partial charge in [0.25, 0.3) is 0 Å². The number of amides is 1. The summed E-state index contributed by atoms with van der Waals surface area (Å²) in [5, 5.41) is 12.6. The summed E-state index contributed by atoms with van der Waals surface area (Å²) in [5.74, 6) is -1.08. The molecule has 122 valence electrons. The molecule has 1 fully saturated rings. The summed E-state index contributed by atoms with van der Waals surface area (Å²) in [6.45, 7) is 1.07. The summed E-state index contributed by atoms with van der Waals surface area (Å²) in [4.78, 5) is 30.1. The van der Waals surface area contributed by atoms with E-state index in [1.54, 1.807) is 4.90 Å². The van der Waals surface area contributed by atoms with Gasteiger partial charge in [0, 0.05) is 13.0 Å². The van der Waals surface area contributed by atoms with Gasteiger partial charge in [0.1, 0.15) is 6.61 Å². The number of hydrogen-bond acceptors (Lipinski definition) is 5. The van der Waals surface area contributed by atoms with Crippen molar-refractivity contribution in [3.8, 4) is 0 Å². The molecule has 0 aliphatic carbocycles. The largest absolute Gasteiger partial charge is 0.477 e. The fourth-order valence-electron chi connectivity index (χ4n) is 2.92. The third-order valence-electron chi connectivity index (χ3n) is 4.09. The van der Waals surface area contributed by atoms with Crippen LogP contribution >= 0.6 is 0 Å². The molecular weight excluding hydrogens is 300 g/mol. The molecule has 0 saturated carbocycles. The number of likely N-dealkylation sites (tertiary alicyclic amines) is 1. The Morgan fingerprint density at radius 2 is 2.13 bits per heavy atom. The Hall–Kier alpha value is -2.57. The van der Waals surface area contributed by atoms with Crippen molar-refractivity contribution >= 4 is 17.8 Å². The topological polar surface area (TPSA) is 88.4 Å². The average Bonchev–Trinajstić information content (AvgIpc) is 2.97. The van der Waals surface area contributed by atoms with Gasteiger partial charge in [0.15, 0.2) is 11.3 Å². The Labute approximate surface area is 133 Å². The van der Waals surface area contributed by atoms with E-state index >= 15 is 0 Å². The molecule has 1 unspecified atom stereocenters. The van der Waals surface area contributed by atoms with Crippen LogP contribution in [0.5, 0.6) is 0 Å². The van der Waals surface area contributed by atoms with E-state index in [0.29, 0.717) is 19.5 Å². The van der Waals surface area contributed by atoms with Crippen molar-refractivity contribution in [1.82, 2.24) is 4.90 Å². The van der Waals surface area contributed by atoms with Gasteiger partial charge >= 0.3 is 12.1 Å². The minimum Gasteiger partial charge on any atom is -0.477 e. The summed E-state index contributed by atoms with van der Waals surface area (Å²) < 4.78 is 5.32. The molecule has 1 saturated heterocycles. The number of rotatable bonds is 3. The maximum atomic E-state index is 12.2. The monoisotopic (exact) mass is 318 g/mol. The number of nitrogens with zero attached hydrogens (tertiary/aromatic N) is 2. The van der Waals surface area contributed by atoms with E-state index < -0.39 is 17.7 Å². The number of aliphatic carboxylic acids is 1. The first-order chi connectivity index (χ1) is 11.1. The van der Waals surface area contributed by atoms with Crippen LogP contribution in [0, 0.1) is 0 Å². The number of piperidine rings is 1. The molecule has 0 bridgehead atoms. The van der Waals surface area contributed by atoms with Gasteiger partial charge < -0.3 is 19.6 Å². The van der Waals surface area contributed by atoms with Crippen LogP contribution in [0.25, 0.3) is 0 Å². The summed E-state index contributed by atoms with van der Waals surface area (Å²) in [5.41, 5.74) is 0.197. The number of oxime groups is 1. The number of carbonyl (C=O) groups excluding carboxylic acids is 1. The van der Waals surface area contributed by atoms with Gasteiger partial charge in [-0.2, -0.15) is 0 Å². The third kappa shape index (κ3) is 3.44. The highest BCUT2D eigenvalue weighted by molar-refractivity contribution is 6.36. The smallest absolute Gasteiger partial charge is 0.410 e. The molecule has 2 aliphatic rings. The van der Waals surface area contributed by atoms with Crippen molar-refractivity contribution in [2.45, 2.75) is 31.5 Å². The summed E-state index contributed by atoms with van der Waals surface area (Å²) >= 11 is 0. The SMILES string of the molecule is O=C(O)C1=NOC2(CCCN(C(=O)OCc3ccccc3)C2)C1. The Morgan fingerprint density at radius 3 is 2.83 bits per heavy atom. The Bertz CT molecular complexity index is 631. The molecule has 1 N–H and O–H groups in total. The fraction of sp³-hybridized carbons (Fsp3) is 0.438. The molecular formula is C16H18N2O5. The lowest BCUT2D eigenvalue weighted by atomic mass is 9.88. The van der Waals surface area contributed by atoms with Gasteiger partial charge in [-0.25, -0.2) is 9.59 Å². The molecule has 1 amide bonds. The van der Waals surface area contributed by atoms with Gasteiger partial charge in [-0.15, -0.1) is 0 Å². The highest BCUT2D eigenvalue weighted by Gasteiger charge is 2.46. The lowest BCUT2D eigenvalue weighted by molar-refractivity contribution is -0.129. The first-order valence-corrected chi connectivity index (χ1v) is 7.52. The van der Waals surface area contributed by atoms with Crippen molar-refractivity contribution in [2.75, 3.05) is 13.1 Å². The number of carboxylic acid groups (broad SMARTS) is 1. The van der Waals surface area contributed by atoms with Crippen LogP contribution in [-0.4, -0.2) is 46.5 Å². The maximum Gasteiger partial charge on any atom is 0.410 e. The van der Waals surface area contributed by atoms with Crippen molar-refractivity contribution in [3.63, 3.8) is 0 Å². The summed E-state index contributed by atoms with van der Waals surface area (Å²) in [6.07, 6.45) is 1.20. The Balaban J connectivity index is 1.56. The molecule has 3 rings (SSSR count). The van der Waals surface area contributed by atoms with Gasteiger partial charge in [0.2, 0.25) is 0 Å². The van der Waals surface area contributed by atoms with Crippen LogP contribution in [0.1, 0.15) is 24.8 Å². The zero-order chi connectivity index (χ0) is 16.3. The van der Waals surface area contributed by atoms with Gasteiger partial charge in [0.05, 0.1) is 6.54 Å². The lowest BCUT2D eigenvalue weighted by Gasteiger charge is -2.37. The van der Waals surface area contributed by atoms with Crippen molar-refractivity contribution in [2.24, 2.45) is 5.16 Å². The van der Waals surface area contributed by atoms with Crippen LogP contribution in [0.2, 0.25) is 0 Å². The van der Waals surface area contributed by atoms with Crippen molar-refractivity contribution in [3.05, 3.63) is 35.9 Å². The van der Waals surface area contributed by atoms with Crippen molar-refractivity contribution < 1.29 is 24.3 Å². The number of ether oxygens (including phenoxy) is 1. The summed E-state index contributed by atoms with van der Waals surface area (Å²) in [6, 6.07) is 9.44. The standard InChI is InChI=1S/C16H18N2O5/c19-14(20)13-9-16(23-17-13)7-4-8-18(11-16)15(21)22-10-12-5-2-1-3-6-12/h1-3,5-6H,4,7-11H2,(H,19,20). The predicted octanol–water partition coefficient (Wildman–Crippen LogP) is 2.02. The van der Waals surface area contributed by atoms with E-state index in [1.807, 2.05) is 30.3 Å². The normalized spacial score (nSPS) is 23.3. The minimum absolute atomic E-state index is 0.00417. The van der Waals surface area contributed by atoms with Crippen LogP contribution in [0.4, 0.5) is 4.79 Å². The fourth-order valence-corrected chi connectivity index (χ4v) is 2.92. The van der Waals surface area contributed by atoms with Crippen LogP contribution in [0.15, 0.2) is 35.5 Å². The molecule has 7 heteroatoms. The van der Waals surface area contributed by atoms with Crippen LogP contribution in [0.3, 0.4) is 0 Å². The van der Waals surface area contributed by atoms with E-state index in [2.05, 4.69) is 5.16 Å².